The summed E-state index contributed by atoms with van der Waals surface area (Å²) in [5.74, 6) is -0.241. The van der Waals surface area contributed by atoms with Gasteiger partial charge >= 0.3 is 0 Å². The van der Waals surface area contributed by atoms with Gasteiger partial charge in [-0.2, -0.15) is 0 Å². The fourth-order valence-electron chi connectivity index (χ4n) is 3.06. The van der Waals surface area contributed by atoms with Crippen molar-refractivity contribution in [3.05, 3.63) is 91.6 Å². The van der Waals surface area contributed by atoms with E-state index in [1.807, 2.05) is 19.1 Å². The molecule has 0 saturated heterocycles. The van der Waals surface area contributed by atoms with Crippen LogP contribution < -0.4 is 10.9 Å². The number of carbonyl (C=O) groups is 1. The molecule has 4 aromatic rings. The number of nitrogens with zero attached hydrogens (tertiary/aromatic N) is 2. The minimum atomic E-state index is -0.274. The van der Waals surface area contributed by atoms with Gasteiger partial charge < -0.3 is 5.32 Å². The largest absolute Gasteiger partial charge is 0.325 e. The predicted octanol–water partition coefficient (Wildman–Crippen LogP) is 6.39. The number of aromatic nitrogens is 2. The molecule has 0 saturated carbocycles. The fourth-order valence-corrected chi connectivity index (χ4v) is 4.34. The van der Waals surface area contributed by atoms with Gasteiger partial charge in [-0.15, -0.1) is 0 Å². The summed E-state index contributed by atoms with van der Waals surface area (Å²) in [4.78, 5) is 30.5. The number of hydrogen-bond acceptors (Lipinski definition) is 4. The lowest BCUT2D eigenvalue weighted by atomic mass is 10.2. The zero-order valence-corrected chi connectivity index (χ0v) is 19.8. The highest BCUT2D eigenvalue weighted by Gasteiger charge is 2.16. The Hall–Kier alpha value is -2.51. The van der Waals surface area contributed by atoms with Gasteiger partial charge in [0.05, 0.1) is 32.4 Å². The molecule has 9 heteroatoms. The minimum Gasteiger partial charge on any atom is -0.325 e. The monoisotopic (exact) mass is 503 g/mol. The lowest BCUT2D eigenvalue weighted by molar-refractivity contribution is -0.113. The van der Waals surface area contributed by atoms with Crippen molar-refractivity contribution in [1.82, 2.24) is 9.55 Å². The summed E-state index contributed by atoms with van der Waals surface area (Å²) < 4.78 is 1.48. The highest BCUT2D eigenvalue weighted by Crippen LogP contribution is 2.27. The van der Waals surface area contributed by atoms with Crippen LogP contribution in [-0.4, -0.2) is 21.2 Å². The molecule has 5 nitrogen and oxygen atoms in total. The number of amides is 1. The number of carbonyl (C=O) groups excluding carboxylic acids is 1. The average Bonchev–Trinajstić information content (AvgIpc) is 2.77. The fraction of sp³-hybridized carbons (Fsp3) is 0.0870. The maximum atomic E-state index is 13.3. The van der Waals surface area contributed by atoms with Gasteiger partial charge in [0.1, 0.15) is 0 Å². The number of thioether (sulfide) groups is 1. The number of halogens is 3. The van der Waals surface area contributed by atoms with Crippen LogP contribution in [0.4, 0.5) is 5.69 Å². The lowest BCUT2D eigenvalue weighted by Gasteiger charge is -2.14. The smallest absolute Gasteiger partial charge is 0.266 e. The quantitative estimate of drug-likeness (QED) is 0.253. The van der Waals surface area contributed by atoms with Gasteiger partial charge in [0.25, 0.3) is 5.56 Å². The van der Waals surface area contributed by atoms with Crippen molar-refractivity contribution in [2.75, 3.05) is 11.1 Å². The van der Waals surface area contributed by atoms with Crippen LogP contribution in [0.15, 0.2) is 70.6 Å². The maximum absolute atomic E-state index is 13.3. The van der Waals surface area contributed by atoms with Crippen LogP contribution in [0, 0.1) is 6.92 Å². The topological polar surface area (TPSA) is 64.0 Å². The van der Waals surface area contributed by atoms with Crippen molar-refractivity contribution in [1.29, 1.82) is 0 Å². The molecular formula is C23H16Cl3N3O2S. The van der Waals surface area contributed by atoms with Gasteiger partial charge in [-0.1, -0.05) is 64.8 Å². The van der Waals surface area contributed by atoms with E-state index in [1.54, 1.807) is 48.5 Å². The number of rotatable bonds is 5. The standard InChI is InChI=1S/C23H16Cl3N3O2S/c1-13-6-8-15(11-18(13)25)29-22(31)16-4-2-3-5-20(16)28-23(29)32-12-21(30)27-14-7-9-17(24)19(26)10-14/h2-11H,12H2,1H3,(H,27,30). The normalized spacial score (nSPS) is 11.0. The SMILES string of the molecule is Cc1ccc(-n2c(SCC(=O)Nc3ccc(Cl)c(Cl)c3)nc3ccccc3c2=O)cc1Cl. The summed E-state index contributed by atoms with van der Waals surface area (Å²) in [6.07, 6.45) is 0. The number of fused-ring (bicyclic) bond motifs is 1. The van der Waals surface area contributed by atoms with Gasteiger partial charge in [0.15, 0.2) is 5.16 Å². The molecule has 162 valence electrons. The first kappa shape index (κ1) is 22.7. The summed E-state index contributed by atoms with van der Waals surface area (Å²) in [7, 11) is 0. The van der Waals surface area contributed by atoms with E-state index in [0.29, 0.717) is 42.5 Å². The van der Waals surface area contributed by atoms with Crippen molar-refractivity contribution in [2.45, 2.75) is 12.1 Å². The zero-order valence-electron chi connectivity index (χ0n) is 16.7. The molecule has 3 aromatic carbocycles. The second kappa shape index (κ2) is 9.55. The maximum Gasteiger partial charge on any atom is 0.266 e. The molecule has 1 amide bonds. The first-order valence-electron chi connectivity index (χ1n) is 9.49. The van der Waals surface area contributed by atoms with Crippen LogP contribution in [0.25, 0.3) is 16.6 Å². The summed E-state index contributed by atoms with van der Waals surface area (Å²) in [6.45, 7) is 1.89. The first-order chi connectivity index (χ1) is 15.3. The lowest BCUT2D eigenvalue weighted by Crippen LogP contribution is -2.23. The third-order valence-corrected chi connectivity index (χ3v) is 6.78. The van der Waals surface area contributed by atoms with Crippen LogP contribution in [-0.2, 0) is 4.79 Å². The Balaban J connectivity index is 1.67. The number of aryl methyl sites for hydroxylation is 1. The molecule has 0 aliphatic heterocycles. The summed E-state index contributed by atoms with van der Waals surface area (Å²) in [5, 5.41) is 4.92. The second-order valence-electron chi connectivity index (χ2n) is 6.95. The minimum absolute atomic E-state index is 0.0324. The number of nitrogens with one attached hydrogen (secondary N) is 1. The molecular weight excluding hydrogens is 489 g/mol. The Labute approximate surface area is 203 Å². The molecule has 0 bridgehead atoms. The van der Waals surface area contributed by atoms with Gasteiger partial charge in [-0.25, -0.2) is 4.98 Å². The second-order valence-corrected chi connectivity index (χ2v) is 9.12. The molecule has 0 radical (unpaired) electrons. The van der Waals surface area contributed by atoms with E-state index in [9.17, 15) is 9.59 Å². The van der Waals surface area contributed by atoms with E-state index in [4.69, 9.17) is 34.8 Å². The highest BCUT2D eigenvalue weighted by molar-refractivity contribution is 7.99. The summed E-state index contributed by atoms with van der Waals surface area (Å²) in [5.41, 5.74) is 2.32. The van der Waals surface area contributed by atoms with Gasteiger partial charge in [-0.3, -0.25) is 14.2 Å². The third kappa shape index (κ3) is 4.79. The van der Waals surface area contributed by atoms with E-state index in [-0.39, 0.29) is 17.2 Å². The van der Waals surface area contributed by atoms with Crippen molar-refractivity contribution in [3.63, 3.8) is 0 Å². The molecule has 1 heterocycles. The number of para-hydroxylation sites is 1. The van der Waals surface area contributed by atoms with E-state index in [1.165, 1.54) is 4.57 Å². The van der Waals surface area contributed by atoms with Crippen LogP contribution in [0.5, 0.6) is 0 Å². The molecule has 0 spiro atoms. The van der Waals surface area contributed by atoms with Crippen molar-refractivity contribution >= 4 is 69.1 Å². The zero-order chi connectivity index (χ0) is 22.8. The van der Waals surface area contributed by atoms with Crippen molar-refractivity contribution < 1.29 is 4.79 Å². The molecule has 4 rings (SSSR count). The average molecular weight is 505 g/mol. The van der Waals surface area contributed by atoms with Gasteiger partial charge in [0.2, 0.25) is 5.91 Å². The van der Waals surface area contributed by atoms with Crippen molar-refractivity contribution in [3.8, 4) is 5.69 Å². The number of benzene rings is 3. The molecule has 1 aromatic heterocycles. The van der Waals surface area contributed by atoms with E-state index < -0.39 is 0 Å². The Morgan fingerprint density at radius 1 is 1.00 bits per heavy atom. The highest BCUT2D eigenvalue weighted by atomic mass is 35.5. The van der Waals surface area contributed by atoms with Crippen LogP contribution in [0.2, 0.25) is 15.1 Å². The molecule has 0 unspecified atom stereocenters. The number of hydrogen-bond donors (Lipinski definition) is 1. The Bertz CT molecular complexity index is 1410. The van der Waals surface area contributed by atoms with Crippen LogP contribution >= 0.6 is 46.6 Å². The molecule has 1 N–H and O–H groups in total. The van der Waals surface area contributed by atoms with Crippen molar-refractivity contribution in [2.24, 2.45) is 0 Å². The number of anilines is 1. The molecule has 0 fully saturated rings. The molecule has 0 aliphatic carbocycles. The third-order valence-electron chi connectivity index (χ3n) is 4.69. The first-order valence-corrected chi connectivity index (χ1v) is 11.6. The summed E-state index contributed by atoms with van der Waals surface area (Å²) in [6, 6.07) is 17.3. The van der Waals surface area contributed by atoms with Crippen LogP contribution in [0.3, 0.4) is 0 Å². The van der Waals surface area contributed by atoms with Crippen LogP contribution in [0.1, 0.15) is 5.56 Å². The van der Waals surface area contributed by atoms with Gasteiger partial charge in [0, 0.05) is 10.7 Å². The predicted molar refractivity (Wildman–Crippen MR) is 133 cm³/mol. The van der Waals surface area contributed by atoms with E-state index in [2.05, 4.69) is 10.3 Å². The van der Waals surface area contributed by atoms with Gasteiger partial charge in [-0.05, 0) is 55.0 Å². The Kier molecular flexibility index (Phi) is 6.76. The summed E-state index contributed by atoms with van der Waals surface area (Å²) >= 11 is 19.4. The van der Waals surface area contributed by atoms with E-state index in [0.717, 1.165) is 17.3 Å². The Morgan fingerprint density at radius 3 is 2.53 bits per heavy atom. The molecule has 32 heavy (non-hydrogen) atoms. The molecule has 0 atom stereocenters. The molecule has 0 aliphatic rings. The Morgan fingerprint density at radius 2 is 1.78 bits per heavy atom. The van der Waals surface area contributed by atoms with E-state index >= 15 is 0 Å².